The van der Waals surface area contributed by atoms with Gasteiger partial charge in [-0.05, 0) is 49.1 Å². The highest BCUT2D eigenvalue weighted by Crippen LogP contribution is 2.35. The van der Waals surface area contributed by atoms with Gasteiger partial charge in [-0.25, -0.2) is 0 Å². The van der Waals surface area contributed by atoms with E-state index in [1.54, 1.807) is 0 Å². The second-order valence-electron chi connectivity index (χ2n) is 6.83. The smallest absolute Gasteiger partial charge is 0.191 e. The van der Waals surface area contributed by atoms with Crippen LogP contribution in [0, 0.1) is 0 Å². The maximum Gasteiger partial charge on any atom is 0.191 e. The SMILES string of the molecule is O=C1C(CN2CCCCC2)=C(Cc2ccccc2)c2ccccc21. The standard InChI is InChI=1S/C22H23NO/c24-22-19-12-6-5-11-18(19)20(15-17-9-3-1-4-10-17)21(22)16-23-13-7-2-8-14-23/h1,3-6,9-12H,2,7-8,13-16H2. The predicted octanol–water partition coefficient (Wildman–Crippen LogP) is 4.37. The number of Topliss-reactive ketones (excluding diaryl/α,β-unsaturated/α-hetero) is 1. The summed E-state index contributed by atoms with van der Waals surface area (Å²) < 4.78 is 0. The summed E-state index contributed by atoms with van der Waals surface area (Å²) >= 11 is 0. The third kappa shape index (κ3) is 2.94. The van der Waals surface area contributed by atoms with Crippen molar-refractivity contribution in [2.75, 3.05) is 19.6 Å². The molecule has 0 amide bonds. The van der Waals surface area contributed by atoms with Crippen LogP contribution in [0.15, 0.2) is 60.2 Å². The van der Waals surface area contributed by atoms with Crippen LogP contribution in [-0.4, -0.2) is 30.3 Å². The largest absolute Gasteiger partial charge is 0.299 e. The van der Waals surface area contributed by atoms with E-state index in [-0.39, 0.29) is 5.78 Å². The highest BCUT2D eigenvalue weighted by Gasteiger charge is 2.30. The second-order valence-corrected chi connectivity index (χ2v) is 6.83. The summed E-state index contributed by atoms with van der Waals surface area (Å²) in [5.74, 6) is 0.238. The number of allylic oxidation sites excluding steroid dienone is 1. The molecule has 0 bridgehead atoms. The van der Waals surface area contributed by atoms with E-state index < -0.39 is 0 Å². The van der Waals surface area contributed by atoms with Crippen LogP contribution in [0.5, 0.6) is 0 Å². The lowest BCUT2D eigenvalue weighted by Gasteiger charge is -2.27. The lowest BCUT2D eigenvalue weighted by atomic mass is 9.97. The number of carbonyl (C=O) groups excluding carboxylic acids is 1. The van der Waals surface area contributed by atoms with Crippen LogP contribution in [0.3, 0.4) is 0 Å². The zero-order valence-electron chi connectivity index (χ0n) is 14.0. The Kier molecular flexibility index (Phi) is 4.31. The molecule has 1 fully saturated rings. The molecule has 0 aromatic heterocycles. The fourth-order valence-corrected chi connectivity index (χ4v) is 3.92. The molecule has 0 N–H and O–H groups in total. The highest BCUT2D eigenvalue weighted by molar-refractivity contribution is 6.21. The monoisotopic (exact) mass is 317 g/mol. The van der Waals surface area contributed by atoms with Gasteiger partial charge in [0.15, 0.2) is 5.78 Å². The van der Waals surface area contributed by atoms with Gasteiger partial charge in [0.1, 0.15) is 0 Å². The molecule has 0 unspecified atom stereocenters. The van der Waals surface area contributed by atoms with Crippen LogP contribution >= 0.6 is 0 Å². The van der Waals surface area contributed by atoms with Crippen LogP contribution in [-0.2, 0) is 6.42 Å². The van der Waals surface area contributed by atoms with E-state index in [0.717, 1.165) is 42.8 Å². The molecule has 2 nitrogen and oxygen atoms in total. The lowest BCUT2D eigenvalue weighted by Crippen LogP contribution is -2.32. The van der Waals surface area contributed by atoms with E-state index in [4.69, 9.17) is 0 Å². The number of piperidine rings is 1. The molecule has 2 aliphatic rings. The zero-order valence-corrected chi connectivity index (χ0v) is 14.0. The van der Waals surface area contributed by atoms with E-state index >= 15 is 0 Å². The number of nitrogens with zero attached hydrogens (tertiary/aromatic N) is 1. The number of carbonyl (C=O) groups is 1. The molecule has 0 radical (unpaired) electrons. The first-order chi connectivity index (χ1) is 11.8. The van der Waals surface area contributed by atoms with Gasteiger partial charge in [-0.1, -0.05) is 61.0 Å². The van der Waals surface area contributed by atoms with Gasteiger partial charge < -0.3 is 0 Å². The van der Waals surface area contributed by atoms with E-state index in [9.17, 15) is 4.79 Å². The van der Waals surface area contributed by atoms with E-state index in [2.05, 4.69) is 35.2 Å². The number of hydrogen-bond acceptors (Lipinski definition) is 2. The van der Waals surface area contributed by atoms with Crippen molar-refractivity contribution in [3.8, 4) is 0 Å². The summed E-state index contributed by atoms with van der Waals surface area (Å²) in [6.45, 7) is 3.03. The maximum absolute atomic E-state index is 13.0. The molecule has 2 aromatic carbocycles. The van der Waals surface area contributed by atoms with Crippen molar-refractivity contribution >= 4 is 11.4 Å². The van der Waals surface area contributed by atoms with Crippen LogP contribution < -0.4 is 0 Å². The van der Waals surface area contributed by atoms with Gasteiger partial charge in [0.2, 0.25) is 0 Å². The fraction of sp³-hybridized carbons (Fsp3) is 0.318. The Balaban J connectivity index is 1.70. The van der Waals surface area contributed by atoms with Gasteiger partial charge in [-0.15, -0.1) is 0 Å². The third-order valence-electron chi connectivity index (χ3n) is 5.19. The van der Waals surface area contributed by atoms with E-state index in [1.165, 1.54) is 30.4 Å². The second kappa shape index (κ2) is 6.74. The van der Waals surface area contributed by atoms with Crippen molar-refractivity contribution < 1.29 is 4.79 Å². The average Bonchev–Trinajstić information content (AvgIpc) is 2.90. The van der Waals surface area contributed by atoms with Gasteiger partial charge in [0, 0.05) is 17.7 Å². The van der Waals surface area contributed by atoms with Crippen LogP contribution in [0.25, 0.3) is 5.57 Å². The van der Waals surface area contributed by atoms with Gasteiger partial charge in [0.05, 0.1) is 0 Å². The Hall–Kier alpha value is -2.19. The molecule has 2 aromatic rings. The Morgan fingerprint density at radius 1 is 0.750 bits per heavy atom. The number of ketones is 1. The minimum absolute atomic E-state index is 0.238. The number of benzene rings is 2. The summed E-state index contributed by atoms with van der Waals surface area (Å²) in [5, 5.41) is 0. The molecule has 0 saturated carbocycles. The third-order valence-corrected chi connectivity index (χ3v) is 5.19. The molecule has 0 spiro atoms. The Labute approximate surface area is 143 Å². The molecule has 24 heavy (non-hydrogen) atoms. The first-order valence-corrected chi connectivity index (χ1v) is 8.95. The fourth-order valence-electron chi connectivity index (χ4n) is 3.92. The molecular formula is C22H23NO. The maximum atomic E-state index is 13.0. The average molecular weight is 317 g/mol. The topological polar surface area (TPSA) is 20.3 Å². The summed E-state index contributed by atoms with van der Waals surface area (Å²) in [6, 6.07) is 18.6. The first kappa shape index (κ1) is 15.3. The van der Waals surface area contributed by atoms with Gasteiger partial charge in [0.25, 0.3) is 0 Å². The summed E-state index contributed by atoms with van der Waals surface area (Å²) in [5.41, 5.74) is 5.54. The van der Waals surface area contributed by atoms with Gasteiger partial charge in [-0.2, -0.15) is 0 Å². The molecule has 1 saturated heterocycles. The molecule has 1 aliphatic carbocycles. The van der Waals surface area contributed by atoms with Crippen molar-refractivity contribution in [3.63, 3.8) is 0 Å². The normalized spacial score (nSPS) is 18.1. The number of fused-ring (bicyclic) bond motifs is 1. The summed E-state index contributed by atoms with van der Waals surface area (Å²) in [7, 11) is 0. The minimum Gasteiger partial charge on any atom is -0.299 e. The lowest BCUT2D eigenvalue weighted by molar-refractivity contribution is 0.102. The van der Waals surface area contributed by atoms with Crippen molar-refractivity contribution in [2.45, 2.75) is 25.7 Å². The number of hydrogen-bond donors (Lipinski definition) is 0. The number of likely N-dealkylation sites (tertiary alicyclic amines) is 1. The van der Waals surface area contributed by atoms with Crippen molar-refractivity contribution in [2.24, 2.45) is 0 Å². The van der Waals surface area contributed by atoms with Crippen molar-refractivity contribution in [3.05, 3.63) is 76.9 Å². The van der Waals surface area contributed by atoms with E-state index in [0.29, 0.717) is 0 Å². The van der Waals surface area contributed by atoms with Gasteiger partial charge in [-0.3, -0.25) is 9.69 Å². The molecule has 1 heterocycles. The van der Waals surface area contributed by atoms with Crippen molar-refractivity contribution in [1.82, 2.24) is 4.90 Å². The van der Waals surface area contributed by atoms with E-state index in [1.807, 2.05) is 24.3 Å². The van der Waals surface area contributed by atoms with Crippen LogP contribution in [0.1, 0.15) is 40.7 Å². The molecule has 4 rings (SSSR count). The zero-order chi connectivity index (χ0) is 16.4. The van der Waals surface area contributed by atoms with Gasteiger partial charge >= 0.3 is 0 Å². The van der Waals surface area contributed by atoms with Crippen LogP contribution in [0.2, 0.25) is 0 Å². The highest BCUT2D eigenvalue weighted by atomic mass is 16.1. The van der Waals surface area contributed by atoms with Crippen LogP contribution in [0.4, 0.5) is 0 Å². The van der Waals surface area contributed by atoms with Crippen molar-refractivity contribution in [1.29, 1.82) is 0 Å². The summed E-state index contributed by atoms with van der Waals surface area (Å²) in [6.07, 6.45) is 4.66. The molecular weight excluding hydrogens is 294 g/mol. The Morgan fingerprint density at radius 3 is 2.17 bits per heavy atom. The quantitative estimate of drug-likeness (QED) is 0.835. The Morgan fingerprint density at radius 2 is 1.42 bits per heavy atom. The Bertz CT molecular complexity index is 770. The first-order valence-electron chi connectivity index (χ1n) is 8.95. The number of rotatable bonds is 4. The molecule has 122 valence electrons. The molecule has 2 heteroatoms. The summed E-state index contributed by atoms with van der Waals surface area (Å²) in [4.78, 5) is 15.4. The predicted molar refractivity (Wildman–Crippen MR) is 98.1 cm³/mol. The molecule has 1 aliphatic heterocycles. The molecule has 0 atom stereocenters. The minimum atomic E-state index is 0.238.